The summed E-state index contributed by atoms with van der Waals surface area (Å²) >= 11 is 0. The molecule has 0 aliphatic heterocycles. The molecule has 0 radical (unpaired) electrons. The third-order valence-electron chi connectivity index (χ3n) is 4.67. The predicted octanol–water partition coefficient (Wildman–Crippen LogP) is 5.12. The van der Waals surface area contributed by atoms with Gasteiger partial charge in [-0.1, -0.05) is 85.0 Å². The number of ether oxygens (including phenoxy) is 2. The summed E-state index contributed by atoms with van der Waals surface area (Å²) in [7, 11) is 0. The predicted molar refractivity (Wildman–Crippen MR) is 111 cm³/mol. The Labute approximate surface area is 167 Å². The smallest absolute Gasteiger partial charge is 0.320 e. The Morgan fingerprint density at radius 2 is 0.963 bits per heavy atom. The zero-order chi connectivity index (χ0) is 20.2. The monoisotopic (exact) mass is 385 g/mol. The third-order valence-corrected chi connectivity index (χ3v) is 4.67. The summed E-state index contributed by atoms with van der Waals surface area (Å²) in [5.74, 6) is -0.511. The summed E-state index contributed by atoms with van der Waals surface area (Å²) < 4.78 is 10.6. The van der Waals surface area contributed by atoms with Gasteiger partial charge in [-0.05, 0) is 19.4 Å². The maximum atomic E-state index is 11.9. The molecule has 0 N–H and O–H groups in total. The highest BCUT2D eigenvalue weighted by Gasteiger charge is 2.14. The minimum absolute atomic E-state index is 0.151. The molecule has 0 unspecified atom stereocenters. The van der Waals surface area contributed by atoms with Gasteiger partial charge >= 0.3 is 11.9 Å². The second-order valence-corrected chi connectivity index (χ2v) is 7.28. The topological polar surface area (TPSA) is 55.8 Å². The Bertz CT molecular complexity index is 328. The lowest BCUT2D eigenvalue weighted by Crippen LogP contribution is -2.36. The first-order valence-corrected chi connectivity index (χ1v) is 11.2. The van der Waals surface area contributed by atoms with Crippen LogP contribution in [0.1, 0.15) is 97.8 Å². The molecule has 5 heteroatoms. The van der Waals surface area contributed by atoms with Gasteiger partial charge in [-0.25, -0.2) is 0 Å². The number of hydrogen-bond acceptors (Lipinski definition) is 5. The highest BCUT2D eigenvalue weighted by Crippen LogP contribution is 2.06. The molecule has 0 rings (SSSR count). The standard InChI is InChI=1S/C22H43NO4/c1-4-7-9-11-13-15-17-26-21(24)19-23(6-3)20-22(25)27-18-16-14-12-10-8-5-2/h4-20H2,1-3H3. The van der Waals surface area contributed by atoms with E-state index in [-0.39, 0.29) is 25.0 Å². The van der Waals surface area contributed by atoms with Crippen LogP contribution in [0, 0.1) is 0 Å². The Morgan fingerprint density at radius 3 is 1.33 bits per heavy atom. The van der Waals surface area contributed by atoms with Crippen molar-refractivity contribution >= 4 is 11.9 Å². The number of hydrogen-bond donors (Lipinski definition) is 0. The fourth-order valence-electron chi connectivity index (χ4n) is 2.87. The van der Waals surface area contributed by atoms with E-state index in [1.165, 1.54) is 51.4 Å². The molecule has 0 aliphatic carbocycles. The lowest BCUT2D eigenvalue weighted by molar-refractivity contribution is -0.148. The van der Waals surface area contributed by atoms with Crippen molar-refractivity contribution in [2.45, 2.75) is 97.8 Å². The van der Waals surface area contributed by atoms with Crippen molar-refractivity contribution in [2.24, 2.45) is 0 Å². The van der Waals surface area contributed by atoms with Crippen LogP contribution in [-0.4, -0.2) is 49.7 Å². The molecule has 0 saturated carbocycles. The molecule has 0 aromatic rings. The van der Waals surface area contributed by atoms with Crippen molar-refractivity contribution in [1.29, 1.82) is 0 Å². The maximum Gasteiger partial charge on any atom is 0.320 e. The number of carbonyl (C=O) groups is 2. The average Bonchev–Trinajstić information content (AvgIpc) is 2.66. The van der Waals surface area contributed by atoms with Crippen LogP contribution < -0.4 is 0 Å². The first-order chi connectivity index (χ1) is 13.1. The Kier molecular flexibility index (Phi) is 18.9. The van der Waals surface area contributed by atoms with E-state index >= 15 is 0 Å². The van der Waals surface area contributed by atoms with Crippen molar-refractivity contribution in [3.05, 3.63) is 0 Å². The van der Waals surface area contributed by atoms with Crippen LogP contribution in [-0.2, 0) is 19.1 Å². The highest BCUT2D eigenvalue weighted by atomic mass is 16.5. The zero-order valence-corrected chi connectivity index (χ0v) is 18.1. The van der Waals surface area contributed by atoms with Crippen LogP contribution in [0.15, 0.2) is 0 Å². The first-order valence-electron chi connectivity index (χ1n) is 11.2. The molecule has 5 nitrogen and oxygen atoms in total. The van der Waals surface area contributed by atoms with E-state index in [0.717, 1.165) is 25.7 Å². The number of carbonyl (C=O) groups excluding carboxylic acids is 2. The molecular weight excluding hydrogens is 342 g/mol. The van der Waals surface area contributed by atoms with Crippen molar-refractivity contribution in [3.63, 3.8) is 0 Å². The summed E-state index contributed by atoms with van der Waals surface area (Å²) in [4.78, 5) is 25.6. The van der Waals surface area contributed by atoms with Crippen molar-refractivity contribution in [2.75, 3.05) is 32.8 Å². The molecular formula is C22H43NO4. The Balaban J connectivity index is 3.70. The van der Waals surface area contributed by atoms with Gasteiger partial charge in [0.25, 0.3) is 0 Å². The largest absolute Gasteiger partial charge is 0.465 e. The molecule has 0 saturated heterocycles. The highest BCUT2D eigenvalue weighted by molar-refractivity contribution is 5.75. The summed E-state index contributed by atoms with van der Waals surface area (Å²) in [6.07, 6.45) is 14.0. The lowest BCUT2D eigenvalue weighted by atomic mass is 10.1. The van der Waals surface area contributed by atoms with E-state index in [1.54, 1.807) is 4.90 Å². The third kappa shape index (κ3) is 18.0. The molecule has 0 amide bonds. The van der Waals surface area contributed by atoms with E-state index in [9.17, 15) is 9.59 Å². The lowest BCUT2D eigenvalue weighted by Gasteiger charge is -2.18. The quantitative estimate of drug-likeness (QED) is 0.228. The van der Waals surface area contributed by atoms with Crippen LogP contribution in [0.3, 0.4) is 0 Å². The minimum Gasteiger partial charge on any atom is -0.465 e. The van der Waals surface area contributed by atoms with Gasteiger partial charge in [0.15, 0.2) is 0 Å². The molecule has 0 atom stereocenters. The summed E-state index contributed by atoms with van der Waals surface area (Å²) in [5.41, 5.74) is 0. The molecule has 0 aromatic carbocycles. The molecule has 0 fully saturated rings. The fraction of sp³-hybridized carbons (Fsp3) is 0.909. The normalized spacial score (nSPS) is 11.0. The van der Waals surface area contributed by atoms with E-state index < -0.39 is 0 Å². The number of rotatable bonds is 19. The van der Waals surface area contributed by atoms with Gasteiger partial charge in [0.1, 0.15) is 0 Å². The van der Waals surface area contributed by atoms with Gasteiger partial charge in [0.05, 0.1) is 26.3 Å². The van der Waals surface area contributed by atoms with Crippen molar-refractivity contribution in [3.8, 4) is 0 Å². The molecule has 0 aromatic heterocycles. The summed E-state index contributed by atoms with van der Waals surface area (Å²) in [5, 5.41) is 0. The molecule has 27 heavy (non-hydrogen) atoms. The van der Waals surface area contributed by atoms with Gasteiger partial charge in [-0.2, -0.15) is 0 Å². The molecule has 160 valence electrons. The summed E-state index contributed by atoms with van der Waals surface area (Å²) in [6.45, 7) is 8.21. The van der Waals surface area contributed by atoms with E-state index in [4.69, 9.17) is 9.47 Å². The number of nitrogens with zero attached hydrogens (tertiary/aromatic N) is 1. The number of unbranched alkanes of at least 4 members (excludes halogenated alkanes) is 10. The molecule has 0 spiro atoms. The van der Waals surface area contributed by atoms with Gasteiger partial charge in [0, 0.05) is 0 Å². The first kappa shape index (κ1) is 25.9. The van der Waals surface area contributed by atoms with Crippen LogP contribution in [0.2, 0.25) is 0 Å². The number of likely N-dealkylation sites (N-methyl/N-ethyl adjacent to an activating group) is 1. The van der Waals surface area contributed by atoms with Crippen molar-refractivity contribution < 1.29 is 19.1 Å². The van der Waals surface area contributed by atoms with Gasteiger partial charge in [0.2, 0.25) is 0 Å². The Morgan fingerprint density at radius 1 is 0.593 bits per heavy atom. The average molecular weight is 386 g/mol. The van der Waals surface area contributed by atoms with Gasteiger partial charge < -0.3 is 9.47 Å². The van der Waals surface area contributed by atoms with Gasteiger partial charge in [-0.3, -0.25) is 14.5 Å². The number of esters is 2. The van der Waals surface area contributed by atoms with E-state index in [0.29, 0.717) is 19.8 Å². The second-order valence-electron chi connectivity index (χ2n) is 7.28. The summed E-state index contributed by atoms with van der Waals surface area (Å²) in [6, 6.07) is 0. The molecule has 0 heterocycles. The van der Waals surface area contributed by atoms with Crippen LogP contribution in [0.5, 0.6) is 0 Å². The SMILES string of the molecule is CCCCCCCCOC(=O)CN(CC)CC(=O)OCCCCCCCC. The van der Waals surface area contributed by atoms with Crippen LogP contribution in [0.25, 0.3) is 0 Å². The second kappa shape index (κ2) is 19.7. The van der Waals surface area contributed by atoms with Gasteiger partial charge in [-0.15, -0.1) is 0 Å². The van der Waals surface area contributed by atoms with E-state index in [2.05, 4.69) is 13.8 Å². The maximum absolute atomic E-state index is 11.9. The van der Waals surface area contributed by atoms with Crippen LogP contribution in [0.4, 0.5) is 0 Å². The van der Waals surface area contributed by atoms with Crippen LogP contribution >= 0.6 is 0 Å². The minimum atomic E-state index is -0.255. The Hall–Kier alpha value is -1.10. The zero-order valence-electron chi connectivity index (χ0n) is 18.1. The molecule has 0 aliphatic rings. The van der Waals surface area contributed by atoms with Crippen molar-refractivity contribution in [1.82, 2.24) is 4.90 Å². The fourth-order valence-corrected chi connectivity index (χ4v) is 2.87. The molecule has 0 bridgehead atoms. The van der Waals surface area contributed by atoms with E-state index in [1.807, 2.05) is 6.92 Å².